The molecule has 3 aromatic heterocycles. The van der Waals surface area contributed by atoms with E-state index in [1.165, 1.54) is 5.01 Å². The van der Waals surface area contributed by atoms with Crippen molar-refractivity contribution in [1.29, 1.82) is 0 Å². The molecule has 0 aromatic carbocycles. The first-order valence-corrected chi connectivity index (χ1v) is 14.4. The van der Waals surface area contributed by atoms with Gasteiger partial charge in [0.25, 0.3) is 0 Å². The van der Waals surface area contributed by atoms with Crippen LogP contribution >= 0.6 is 11.3 Å². The Morgan fingerprint density at radius 2 is 1.89 bits per heavy atom. The molecule has 10 heteroatoms. The summed E-state index contributed by atoms with van der Waals surface area (Å²) < 4.78 is 1.91. The van der Waals surface area contributed by atoms with E-state index >= 15 is 0 Å². The van der Waals surface area contributed by atoms with Gasteiger partial charge < -0.3 is 15.1 Å². The zero-order chi connectivity index (χ0) is 24.9. The fourth-order valence-electron chi connectivity index (χ4n) is 5.44. The number of carbonyl (C=O) groups excluding carboxylic acids is 1. The summed E-state index contributed by atoms with van der Waals surface area (Å²) in [6.07, 6.45) is 11.0. The molecule has 0 spiro atoms. The first-order valence-electron chi connectivity index (χ1n) is 13.5. The lowest BCUT2D eigenvalue weighted by atomic mass is 9.85. The van der Waals surface area contributed by atoms with Gasteiger partial charge in [-0.2, -0.15) is 5.10 Å². The van der Waals surface area contributed by atoms with Crippen LogP contribution in [0.3, 0.4) is 0 Å². The minimum Gasteiger partial charge on any atom is -0.352 e. The smallest absolute Gasteiger partial charge is 0.225 e. The molecule has 1 saturated heterocycles. The molecule has 1 aliphatic carbocycles. The number of hydrogen-bond acceptors (Lipinski definition) is 8. The monoisotopic (exact) mass is 510 g/mol. The van der Waals surface area contributed by atoms with Crippen molar-refractivity contribution >= 4 is 34.1 Å². The van der Waals surface area contributed by atoms with Gasteiger partial charge in [0.15, 0.2) is 5.65 Å². The zero-order valence-corrected chi connectivity index (χ0v) is 22.3. The maximum Gasteiger partial charge on any atom is 0.225 e. The summed E-state index contributed by atoms with van der Waals surface area (Å²) in [5.74, 6) is 1.43. The third-order valence-corrected chi connectivity index (χ3v) is 8.40. The highest BCUT2D eigenvalue weighted by Crippen LogP contribution is 2.28. The second-order valence-corrected chi connectivity index (χ2v) is 11.0. The first kappa shape index (κ1) is 25.1. The van der Waals surface area contributed by atoms with Crippen LogP contribution in [-0.4, -0.2) is 74.3 Å². The summed E-state index contributed by atoms with van der Waals surface area (Å²) >= 11 is 1.71. The third-order valence-electron chi connectivity index (χ3n) is 7.44. The van der Waals surface area contributed by atoms with Gasteiger partial charge in [-0.15, -0.1) is 11.3 Å². The van der Waals surface area contributed by atoms with E-state index in [2.05, 4.69) is 49.4 Å². The van der Waals surface area contributed by atoms with E-state index in [9.17, 15) is 4.79 Å². The van der Waals surface area contributed by atoms with Gasteiger partial charge in [-0.1, -0.05) is 13.8 Å². The molecule has 9 nitrogen and oxygen atoms in total. The first-order chi connectivity index (χ1) is 17.7. The van der Waals surface area contributed by atoms with Gasteiger partial charge in [0.2, 0.25) is 5.91 Å². The van der Waals surface area contributed by atoms with Crippen LogP contribution in [0.2, 0.25) is 0 Å². The highest BCUT2D eigenvalue weighted by Gasteiger charge is 2.31. The summed E-state index contributed by atoms with van der Waals surface area (Å²) in [5, 5.41) is 12.5. The maximum atomic E-state index is 13.2. The summed E-state index contributed by atoms with van der Waals surface area (Å²) in [6.45, 7) is 9.10. The summed E-state index contributed by atoms with van der Waals surface area (Å²) in [4.78, 5) is 31.4. The number of anilines is 1. The number of nitrogens with zero attached hydrogens (tertiary/aromatic N) is 7. The van der Waals surface area contributed by atoms with Gasteiger partial charge in [-0.3, -0.25) is 4.79 Å². The zero-order valence-electron chi connectivity index (χ0n) is 21.5. The molecule has 1 saturated carbocycles. The Labute approximate surface area is 217 Å². The normalized spacial score (nSPS) is 20.8. The van der Waals surface area contributed by atoms with Gasteiger partial charge in [0.1, 0.15) is 12.1 Å². The number of aromatic nitrogens is 5. The molecule has 1 aliphatic heterocycles. The van der Waals surface area contributed by atoms with E-state index in [-0.39, 0.29) is 5.92 Å². The average Bonchev–Trinajstić information content (AvgIpc) is 3.54. The van der Waals surface area contributed by atoms with Crippen LogP contribution in [0, 0.1) is 5.92 Å². The van der Waals surface area contributed by atoms with Crippen molar-refractivity contribution in [3.63, 3.8) is 0 Å². The Morgan fingerprint density at radius 1 is 1.08 bits per heavy atom. The lowest BCUT2D eigenvalue weighted by Gasteiger charge is -2.38. The molecule has 0 radical (unpaired) electrons. The van der Waals surface area contributed by atoms with Gasteiger partial charge in [0, 0.05) is 43.5 Å². The van der Waals surface area contributed by atoms with Crippen LogP contribution in [0.5, 0.6) is 0 Å². The molecular formula is C26H38N8OS. The Bertz CT molecular complexity index is 1140. The molecule has 0 atom stereocenters. The largest absolute Gasteiger partial charge is 0.352 e. The summed E-state index contributed by atoms with van der Waals surface area (Å²) in [7, 11) is 0. The quantitative estimate of drug-likeness (QED) is 0.471. The second-order valence-electron chi connectivity index (χ2n) is 10.0. The van der Waals surface area contributed by atoms with Gasteiger partial charge in [0.05, 0.1) is 28.8 Å². The van der Waals surface area contributed by atoms with E-state index in [1.54, 1.807) is 17.7 Å². The van der Waals surface area contributed by atoms with Crippen molar-refractivity contribution in [2.24, 2.45) is 5.92 Å². The fraction of sp³-hybridized carbons (Fsp3) is 0.654. The van der Waals surface area contributed by atoms with Crippen molar-refractivity contribution in [3.8, 4) is 0 Å². The highest BCUT2D eigenvalue weighted by atomic mass is 32.1. The van der Waals surface area contributed by atoms with Crippen molar-refractivity contribution in [1.82, 2.24) is 34.9 Å². The van der Waals surface area contributed by atoms with Crippen molar-refractivity contribution in [3.05, 3.63) is 28.6 Å². The topological polar surface area (TPSA) is 92.1 Å². The van der Waals surface area contributed by atoms with E-state index in [4.69, 9.17) is 4.98 Å². The van der Waals surface area contributed by atoms with Crippen LogP contribution in [-0.2, 0) is 17.8 Å². The van der Waals surface area contributed by atoms with Crippen molar-refractivity contribution in [2.45, 2.75) is 71.4 Å². The molecular weight excluding hydrogens is 472 g/mol. The van der Waals surface area contributed by atoms with Crippen molar-refractivity contribution < 1.29 is 4.79 Å². The van der Waals surface area contributed by atoms with E-state index in [0.29, 0.717) is 18.5 Å². The number of amides is 1. The molecule has 0 bridgehead atoms. The van der Waals surface area contributed by atoms with Gasteiger partial charge in [-0.05, 0) is 51.5 Å². The molecule has 36 heavy (non-hydrogen) atoms. The van der Waals surface area contributed by atoms with Crippen molar-refractivity contribution in [2.75, 3.05) is 37.6 Å². The predicted octanol–water partition coefficient (Wildman–Crippen LogP) is 3.49. The van der Waals surface area contributed by atoms with Crippen LogP contribution in [0.25, 0.3) is 11.0 Å². The van der Waals surface area contributed by atoms with E-state index < -0.39 is 0 Å². The van der Waals surface area contributed by atoms with Crippen LogP contribution in [0.4, 0.5) is 5.82 Å². The Morgan fingerprint density at radius 3 is 2.64 bits per heavy atom. The van der Waals surface area contributed by atoms with Crippen LogP contribution in [0.15, 0.2) is 17.9 Å². The predicted molar refractivity (Wildman–Crippen MR) is 143 cm³/mol. The van der Waals surface area contributed by atoms with Crippen LogP contribution < -0.4 is 10.2 Å². The van der Waals surface area contributed by atoms with Crippen LogP contribution in [0.1, 0.15) is 63.1 Å². The van der Waals surface area contributed by atoms with Gasteiger partial charge in [-0.25, -0.2) is 19.6 Å². The number of piperazine rings is 1. The number of fused-ring (bicyclic) bond motifs is 1. The molecule has 194 valence electrons. The second kappa shape index (κ2) is 11.6. The minimum absolute atomic E-state index is 0.184. The molecule has 0 unspecified atom stereocenters. The molecule has 4 heterocycles. The Hall–Kier alpha value is -2.59. The highest BCUT2D eigenvalue weighted by molar-refractivity contribution is 7.09. The third kappa shape index (κ3) is 5.54. The molecule has 1 N–H and O–H groups in total. The number of thiazole rings is 1. The SMILES string of the molecule is CCCNC1CCC(C(=O)N2CCN(c3ncnc4c3cnn4Cc3csc(CCC)n3)CC2)CC1. The summed E-state index contributed by atoms with van der Waals surface area (Å²) in [5.41, 5.74) is 1.85. The molecule has 3 aromatic rings. The lowest BCUT2D eigenvalue weighted by molar-refractivity contribution is -0.137. The number of rotatable bonds is 9. The average molecular weight is 511 g/mol. The van der Waals surface area contributed by atoms with E-state index in [0.717, 1.165) is 100 Å². The molecule has 2 fully saturated rings. The lowest BCUT2D eigenvalue weighted by Crippen LogP contribution is -2.51. The Kier molecular flexibility index (Phi) is 8.11. The van der Waals surface area contributed by atoms with Gasteiger partial charge >= 0.3 is 0 Å². The number of aryl methyl sites for hydroxylation is 1. The maximum absolute atomic E-state index is 13.2. The molecule has 2 aliphatic rings. The standard InChI is InChI=1S/C26H38N8OS/c1-3-5-23-31-21(17-36-23)16-34-25-22(15-30-34)24(28-18-29-25)32-11-13-33(14-12-32)26(35)19-6-8-20(9-7-19)27-10-4-2/h15,17-20,27H,3-14,16H2,1-2H3. The fourth-order valence-corrected chi connectivity index (χ4v) is 6.33. The van der Waals surface area contributed by atoms with E-state index in [1.807, 2.05) is 10.9 Å². The Balaban J connectivity index is 1.19. The number of nitrogens with one attached hydrogen (secondary N) is 1. The number of carbonyl (C=O) groups is 1. The summed E-state index contributed by atoms with van der Waals surface area (Å²) in [6, 6.07) is 0.584. The molecule has 5 rings (SSSR count). The minimum atomic E-state index is 0.184. The molecule has 1 amide bonds. The number of hydrogen-bond donors (Lipinski definition) is 1.